The Hall–Kier alpha value is -2.58. The Labute approximate surface area is 180 Å². The van der Waals surface area contributed by atoms with Crippen LogP contribution in [0.2, 0.25) is 0 Å². The van der Waals surface area contributed by atoms with Gasteiger partial charge in [-0.3, -0.25) is 9.69 Å². The van der Waals surface area contributed by atoms with Gasteiger partial charge in [0.2, 0.25) is 11.9 Å². The van der Waals surface area contributed by atoms with E-state index < -0.39 is 0 Å². The zero-order valence-corrected chi connectivity index (χ0v) is 17.8. The van der Waals surface area contributed by atoms with Crippen LogP contribution in [-0.4, -0.2) is 76.5 Å². The molecule has 0 unspecified atom stereocenters. The SMILES string of the molecule is O=C(CN1CCN(c2ncccn2)CC1)N1CCC[C@H](c2nc3ccccc3s2)C1. The van der Waals surface area contributed by atoms with Gasteiger partial charge in [0.1, 0.15) is 0 Å². The lowest BCUT2D eigenvalue weighted by molar-refractivity contribution is -0.133. The summed E-state index contributed by atoms with van der Waals surface area (Å²) in [4.78, 5) is 33.0. The normalized spacial score (nSPS) is 20.6. The second-order valence-corrected chi connectivity index (χ2v) is 9.07. The maximum atomic E-state index is 13.0. The number of piperidine rings is 1. The average Bonchev–Trinajstić information content (AvgIpc) is 3.25. The van der Waals surface area contributed by atoms with Crippen molar-refractivity contribution in [3.63, 3.8) is 0 Å². The Morgan fingerprint density at radius 2 is 1.83 bits per heavy atom. The van der Waals surface area contributed by atoms with Gasteiger partial charge in [-0.15, -0.1) is 11.3 Å². The highest BCUT2D eigenvalue weighted by molar-refractivity contribution is 7.18. The Morgan fingerprint density at radius 3 is 2.63 bits per heavy atom. The summed E-state index contributed by atoms with van der Waals surface area (Å²) < 4.78 is 1.23. The molecule has 1 atom stereocenters. The summed E-state index contributed by atoms with van der Waals surface area (Å²) >= 11 is 1.77. The van der Waals surface area contributed by atoms with Crippen LogP contribution >= 0.6 is 11.3 Å². The van der Waals surface area contributed by atoms with Gasteiger partial charge in [0.05, 0.1) is 21.8 Å². The minimum atomic E-state index is 0.241. The van der Waals surface area contributed by atoms with Gasteiger partial charge in [0, 0.05) is 57.6 Å². The number of anilines is 1. The number of piperazine rings is 1. The van der Waals surface area contributed by atoms with Crippen LogP contribution < -0.4 is 4.90 Å². The summed E-state index contributed by atoms with van der Waals surface area (Å²) in [6.45, 7) is 5.57. The van der Waals surface area contributed by atoms with Crippen molar-refractivity contribution in [2.75, 3.05) is 50.7 Å². The number of rotatable bonds is 4. The number of benzene rings is 1. The van der Waals surface area contributed by atoms with Crippen molar-refractivity contribution in [1.29, 1.82) is 0 Å². The molecule has 30 heavy (non-hydrogen) atoms. The second kappa shape index (κ2) is 8.65. The summed E-state index contributed by atoms with van der Waals surface area (Å²) in [5.41, 5.74) is 1.07. The second-order valence-electron chi connectivity index (χ2n) is 8.01. The van der Waals surface area contributed by atoms with Crippen molar-refractivity contribution in [1.82, 2.24) is 24.8 Å². The van der Waals surface area contributed by atoms with Gasteiger partial charge in [-0.25, -0.2) is 15.0 Å². The van der Waals surface area contributed by atoms with Crippen LogP contribution in [0.25, 0.3) is 10.2 Å². The van der Waals surface area contributed by atoms with E-state index in [1.165, 1.54) is 9.71 Å². The monoisotopic (exact) mass is 422 g/mol. The van der Waals surface area contributed by atoms with E-state index in [0.717, 1.165) is 63.6 Å². The van der Waals surface area contributed by atoms with E-state index in [-0.39, 0.29) is 5.91 Å². The quantitative estimate of drug-likeness (QED) is 0.644. The zero-order chi connectivity index (χ0) is 20.3. The third kappa shape index (κ3) is 4.15. The van der Waals surface area contributed by atoms with Crippen molar-refractivity contribution in [3.8, 4) is 0 Å². The van der Waals surface area contributed by atoms with E-state index in [1.54, 1.807) is 23.7 Å². The third-order valence-electron chi connectivity index (χ3n) is 6.00. The first kappa shape index (κ1) is 19.4. The lowest BCUT2D eigenvalue weighted by atomic mass is 9.98. The lowest BCUT2D eigenvalue weighted by Crippen LogP contribution is -2.51. The Balaban J connectivity index is 1.16. The van der Waals surface area contributed by atoms with Crippen LogP contribution in [0.15, 0.2) is 42.7 Å². The number of carbonyl (C=O) groups excluding carboxylic acids is 1. The molecule has 0 saturated carbocycles. The van der Waals surface area contributed by atoms with Crippen LogP contribution in [-0.2, 0) is 4.79 Å². The van der Waals surface area contributed by atoms with E-state index in [9.17, 15) is 4.79 Å². The predicted molar refractivity (Wildman–Crippen MR) is 119 cm³/mol. The number of carbonyl (C=O) groups is 1. The summed E-state index contributed by atoms with van der Waals surface area (Å²) in [5, 5.41) is 1.17. The molecule has 5 rings (SSSR count). The standard InChI is InChI=1S/C22H26N6OS/c29-20(16-26-11-13-27(14-12-26)22-23-8-4-9-24-22)28-10-3-5-17(15-28)21-25-18-6-1-2-7-19(18)30-21/h1-2,4,6-9,17H,3,5,10-16H2/t17-/m0/s1. The summed E-state index contributed by atoms with van der Waals surface area (Å²) in [6.07, 6.45) is 5.71. The molecule has 4 heterocycles. The molecule has 0 bridgehead atoms. The Morgan fingerprint density at radius 1 is 1.03 bits per heavy atom. The van der Waals surface area contributed by atoms with Gasteiger partial charge in [0.15, 0.2) is 0 Å². The molecular formula is C22H26N6OS. The number of fused-ring (bicyclic) bond motifs is 1. The zero-order valence-electron chi connectivity index (χ0n) is 17.0. The fraction of sp³-hybridized carbons (Fsp3) is 0.455. The molecule has 2 aliphatic heterocycles. The first-order valence-electron chi connectivity index (χ1n) is 10.6. The van der Waals surface area contributed by atoms with Crippen LogP contribution in [0.4, 0.5) is 5.95 Å². The third-order valence-corrected chi connectivity index (χ3v) is 7.20. The largest absolute Gasteiger partial charge is 0.341 e. The van der Waals surface area contributed by atoms with Crippen LogP contribution in [0.3, 0.4) is 0 Å². The van der Waals surface area contributed by atoms with Gasteiger partial charge in [-0.2, -0.15) is 0 Å². The fourth-order valence-electron chi connectivity index (χ4n) is 4.32. The molecule has 7 nitrogen and oxygen atoms in total. The summed E-state index contributed by atoms with van der Waals surface area (Å²) in [5.74, 6) is 1.37. The number of thiazole rings is 1. The highest BCUT2D eigenvalue weighted by atomic mass is 32.1. The van der Waals surface area contributed by atoms with Crippen molar-refractivity contribution in [2.24, 2.45) is 0 Å². The molecule has 1 amide bonds. The molecule has 0 N–H and O–H groups in total. The molecule has 1 aromatic carbocycles. The number of aromatic nitrogens is 3. The number of likely N-dealkylation sites (tertiary alicyclic amines) is 1. The number of para-hydroxylation sites is 1. The number of nitrogens with zero attached hydrogens (tertiary/aromatic N) is 6. The molecule has 2 aromatic heterocycles. The molecule has 0 radical (unpaired) electrons. The molecule has 0 aliphatic carbocycles. The lowest BCUT2D eigenvalue weighted by Gasteiger charge is -2.37. The van der Waals surface area contributed by atoms with E-state index in [0.29, 0.717) is 12.5 Å². The molecule has 2 saturated heterocycles. The van der Waals surface area contributed by atoms with Crippen LogP contribution in [0.5, 0.6) is 0 Å². The average molecular weight is 423 g/mol. The summed E-state index contributed by atoms with van der Waals surface area (Å²) in [7, 11) is 0. The molecule has 0 spiro atoms. The Bertz CT molecular complexity index is 968. The minimum Gasteiger partial charge on any atom is -0.341 e. The number of hydrogen-bond acceptors (Lipinski definition) is 7. The van der Waals surface area contributed by atoms with Gasteiger partial charge in [-0.05, 0) is 31.0 Å². The maximum absolute atomic E-state index is 13.0. The van der Waals surface area contributed by atoms with E-state index in [1.807, 2.05) is 17.0 Å². The molecule has 8 heteroatoms. The molecular weight excluding hydrogens is 396 g/mol. The smallest absolute Gasteiger partial charge is 0.236 e. The first-order chi connectivity index (χ1) is 14.8. The molecule has 156 valence electrons. The highest BCUT2D eigenvalue weighted by Gasteiger charge is 2.28. The maximum Gasteiger partial charge on any atom is 0.236 e. The van der Waals surface area contributed by atoms with Crippen molar-refractivity contribution >= 4 is 33.4 Å². The van der Waals surface area contributed by atoms with Gasteiger partial charge >= 0.3 is 0 Å². The predicted octanol–water partition coefficient (Wildman–Crippen LogP) is 2.61. The van der Waals surface area contributed by atoms with Crippen molar-refractivity contribution in [2.45, 2.75) is 18.8 Å². The van der Waals surface area contributed by atoms with Crippen molar-refractivity contribution in [3.05, 3.63) is 47.7 Å². The molecule has 3 aromatic rings. The van der Waals surface area contributed by atoms with E-state index in [4.69, 9.17) is 4.98 Å². The Kier molecular flexibility index (Phi) is 5.59. The minimum absolute atomic E-state index is 0.241. The van der Waals surface area contributed by atoms with E-state index >= 15 is 0 Å². The number of hydrogen-bond donors (Lipinski definition) is 0. The molecule has 2 aliphatic rings. The van der Waals surface area contributed by atoms with Crippen LogP contribution in [0, 0.1) is 0 Å². The van der Waals surface area contributed by atoms with Crippen molar-refractivity contribution < 1.29 is 4.79 Å². The van der Waals surface area contributed by atoms with Gasteiger partial charge in [-0.1, -0.05) is 12.1 Å². The topological polar surface area (TPSA) is 65.5 Å². The molecule has 2 fully saturated rings. The first-order valence-corrected chi connectivity index (χ1v) is 11.5. The number of amides is 1. The summed E-state index contributed by atoms with van der Waals surface area (Å²) in [6, 6.07) is 10.1. The van der Waals surface area contributed by atoms with Crippen LogP contribution in [0.1, 0.15) is 23.8 Å². The van der Waals surface area contributed by atoms with Gasteiger partial charge in [0.25, 0.3) is 0 Å². The van der Waals surface area contributed by atoms with E-state index in [2.05, 4.69) is 38.0 Å². The highest BCUT2D eigenvalue weighted by Crippen LogP contribution is 2.33. The van der Waals surface area contributed by atoms with Gasteiger partial charge < -0.3 is 9.80 Å². The fourth-order valence-corrected chi connectivity index (χ4v) is 5.41.